The maximum Gasteiger partial charge on any atom is 0.573 e. The lowest BCUT2D eigenvalue weighted by molar-refractivity contribution is -0.274. The van der Waals surface area contributed by atoms with Gasteiger partial charge in [0.05, 0.1) is 0 Å². The third-order valence-corrected chi connectivity index (χ3v) is 2.69. The number of carbonyl (C=O) groups excluding carboxylic acids is 2. The number of benzene rings is 1. The van der Waals surface area contributed by atoms with Gasteiger partial charge in [0.2, 0.25) is 0 Å². The molecule has 0 atom stereocenters. The van der Waals surface area contributed by atoms with E-state index in [0.29, 0.717) is 6.08 Å². The SMILES string of the molecule is CC1(C)OC(=O)C(=Cc2c(F)cc(OC(F)(F)F)cc2F)C(=O)O1. The summed E-state index contributed by atoms with van der Waals surface area (Å²) in [6.07, 6.45) is -4.65. The normalized spacial score (nSPS) is 17.2. The van der Waals surface area contributed by atoms with Crippen LogP contribution in [0.1, 0.15) is 19.4 Å². The van der Waals surface area contributed by atoms with Crippen LogP contribution in [0.4, 0.5) is 22.0 Å². The molecule has 0 unspecified atom stereocenters. The summed E-state index contributed by atoms with van der Waals surface area (Å²) in [5.41, 5.74) is -1.73. The Hall–Kier alpha value is -2.65. The molecule has 1 aliphatic rings. The molecule has 0 spiro atoms. The molecular formula is C14H9F5O5. The lowest BCUT2D eigenvalue weighted by Crippen LogP contribution is -2.41. The van der Waals surface area contributed by atoms with Gasteiger partial charge in [-0.15, -0.1) is 13.2 Å². The Morgan fingerprint density at radius 1 is 1.04 bits per heavy atom. The Morgan fingerprint density at radius 2 is 1.50 bits per heavy atom. The highest BCUT2D eigenvalue weighted by molar-refractivity contribution is 6.18. The van der Waals surface area contributed by atoms with Gasteiger partial charge >= 0.3 is 18.3 Å². The van der Waals surface area contributed by atoms with Gasteiger partial charge in [-0.05, 0) is 6.08 Å². The molecule has 1 saturated heterocycles. The highest BCUT2D eigenvalue weighted by atomic mass is 19.4. The summed E-state index contributed by atoms with van der Waals surface area (Å²) in [7, 11) is 0. The summed E-state index contributed by atoms with van der Waals surface area (Å²) in [4.78, 5) is 23.4. The summed E-state index contributed by atoms with van der Waals surface area (Å²) in [5, 5.41) is 0. The molecule has 1 aromatic rings. The Balaban J connectivity index is 2.40. The van der Waals surface area contributed by atoms with Gasteiger partial charge in [-0.1, -0.05) is 0 Å². The molecular weight excluding hydrogens is 343 g/mol. The molecule has 1 heterocycles. The third-order valence-electron chi connectivity index (χ3n) is 2.69. The Labute approximate surface area is 131 Å². The van der Waals surface area contributed by atoms with Gasteiger partial charge in [0.25, 0.3) is 5.79 Å². The zero-order valence-corrected chi connectivity index (χ0v) is 12.2. The van der Waals surface area contributed by atoms with E-state index in [9.17, 15) is 31.5 Å². The molecule has 0 radical (unpaired) electrons. The third kappa shape index (κ3) is 4.00. The van der Waals surface area contributed by atoms with E-state index < -0.39 is 52.6 Å². The summed E-state index contributed by atoms with van der Waals surface area (Å²) in [6, 6.07) is 0.513. The molecule has 130 valence electrons. The number of carbonyl (C=O) groups is 2. The van der Waals surface area contributed by atoms with Crippen molar-refractivity contribution in [3.8, 4) is 5.75 Å². The van der Waals surface area contributed by atoms with Crippen LogP contribution in [0.5, 0.6) is 5.75 Å². The molecule has 0 N–H and O–H groups in total. The predicted molar refractivity (Wildman–Crippen MR) is 67.3 cm³/mol. The van der Waals surface area contributed by atoms with Gasteiger partial charge in [0.1, 0.15) is 23.0 Å². The maximum absolute atomic E-state index is 13.8. The summed E-state index contributed by atoms with van der Waals surface area (Å²) < 4.78 is 76.6. The lowest BCUT2D eigenvalue weighted by Gasteiger charge is -2.29. The highest BCUT2D eigenvalue weighted by Crippen LogP contribution is 2.29. The molecule has 0 bridgehead atoms. The number of esters is 2. The molecule has 0 aliphatic carbocycles. The van der Waals surface area contributed by atoms with Crippen LogP contribution in [0.3, 0.4) is 0 Å². The first-order valence-electron chi connectivity index (χ1n) is 6.31. The number of cyclic esters (lactones) is 2. The molecule has 24 heavy (non-hydrogen) atoms. The van der Waals surface area contributed by atoms with Crippen LogP contribution in [0.15, 0.2) is 17.7 Å². The van der Waals surface area contributed by atoms with E-state index in [0.717, 1.165) is 0 Å². The van der Waals surface area contributed by atoms with Crippen molar-refractivity contribution < 1.29 is 45.8 Å². The average molecular weight is 352 g/mol. The molecule has 0 saturated carbocycles. The van der Waals surface area contributed by atoms with Crippen molar-refractivity contribution in [2.24, 2.45) is 0 Å². The molecule has 1 aromatic carbocycles. The minimum absolute atomic E-state index is 0.256. The van der Waals surface area contributed by atoms with Gasteiger partial charge in [-0.3, -0.25) is 0 Å². The van der Waals surface area contributed by atoms with Crippen LogP contribution < -0.4 is 4.74 Å². The first-order chi connectivity index (χ1) is 10.9. The minimum Gasteiger partial charge on any atom is -0.419 e. The van der Waals surface area contributed by atoms with Crippen LogP contribution in [-0.2, 0) is 19.1 Å². The second-order valence-electron chi connectivity index (χ2n) is 5.09. The van der Waals surface area contributed by atoms with Crippen molar-refractivity contribution in [3.05, 3.63) is 34.9 Å². The van der Waals surface area contributed by atoms with Crippen molar-refractivity contribution in [2.45, 2.75) is 26.0 Å². The van der Waals surface area contributed by atoms with Crippen molar-refractivity contribution in [1.82, 2.24) is 0 Å². The summed E-state index contributed by atoms with van der Waals surface area (Å²) in [6.45, 7) is 2.54. The van der Waals surface area contributed by atoms with Gasteiger partial charge in [0.15, 0.2) is 0 Å². The Morgan fingerprint density at radius 3 is 1.92 bits per heavy atom. The van der Waals surface area contributed by atoms with E-state index in [2.05, 4.69) is 4.74 Å². The number of hydrogen-bond acceptors (Lipinski definition) is 5. The molecule has 2 rings (SSSR count). The van der Waals surface area contributed by atoms with Crippen LogP contribution in [0.25, 0.3) is 6.08 Å². The van der Waals surface area contributed by atoms with Crippen LogP contribution >= 0.6 is 0 Å². The van der Waals surface area contributed by atoms with Crippen LogP contribution in [-0.4, -0.2) is 24.1 Å². The fourth-order valence-electron chi connectivity index (χ4n) is 1.81. The maximum atomic E-state index is 13.8. The Kier molecular flexibility index (Phi) is 4.25. The lowest BCUT2D eigenvalue weighted by atomic mass is 10.1. The highest BCUT2D eigenvalue weighted by Gasteiger charge is 2.39. The molecule has 0 aromatic heterocycles. The van der Waals surface area contributed by atoms with Crippen molar-refractivity contribution in [2.75, 3.05) is 0 Å². The standard InChI is InChI=1S/C14H9F5O5/c1-13(2)23-11(20)8(12(21)24-13)5-7-9(15)3-6(4-10(7)16)22-14(17,18)19/h3-5H,1-2H3. The largest absolute Gasteiger partial charge is 0.573 e. The monoisotopic (exact) mass is 352 g/mol. The average Bonchev–Trinajstić information content (AvgIpc) is 2.32. The Bertz CT molecular complexity index is 691. The minimum atomic E-state index is -5.14. The van der Waals surface area contributed by atoms with E-state index in [1.807, 2.05) is 0 Å². The zero-order valence-electron chi connectivity index (χ0n) is 12.2. The predicted octanol–water partition coefficient (Wildman–Crippen LogP) is 3.08. The number of halogens is 5. The van der Waals surface area contributed by atoms with E-state index >= 15 is 0 Å². The molecule has 1 aliphatic heterocycles. The van der Waals surface area contributed by atoms with Crippen LogP contribution in [0, 0.1) is 11.6 Å². The molecule has 1 fully saturated rings. The number of hydrogen-bond donors (Lipinski definition) is 0. The van der Waals surface area contributed by atoms with Gasteiger partial charge in [-0.25, -0.2) is 18.4 Å². The number of alkyl halides is 3. The van der Waals surface area contributed by atoms with E-state index in [1.165, 1.54) is 13.8 Å². The fraction of sp³-hybridized carbons (Fsp3) is 0.286. The van der Waals surface area contributed by atoms with Crippen LogP contribution in [0.2, 0.25) is 0 Å². The van der Waals surface area contributed by atoms with Crippen molar-refractivity contribution in [1.29, 1.82) is 0 Å². The number of rotatable bonds is 2. The smallest absolute Gasteiger partial charge is 0.419 e. The second-order valence-corrected chi connectivity index (χ2v) is 5.09. The van der Waals surface area contributed by atoms with Gasteiger partial charge < -0.3 is 14.2 Å². The van der Waals surface area contributed by atoms with E-state index in [1.54, 1.807) is 0 Å². The second kappa shape index (κ2) is 5.77. The fourth-order valence-corrected chi connectivity index (χ4v) is 1.81. The first-order valence-corrected chi connectivity index (χ1v) is 6.31. The van der Waals surface area contributed by atoms with E-state index in [4.69, 9.17) is 9.47 Å². The first kappa shape index (κ1) is 17.7. The summed E-state index contributed by atoms with van der Waals surface area (Å²) in [5.74, 6) is -8.02. The van der Waals surface area contributed by atoms with Crippen molar-refractivity contribution in [3.63, 3.8) is 0 Å². The topological polar surface area (TPSA) is 61.8 Å². The van der Waals surface area contributed by atoms with E-state index in [-0.39, 0.29) is 12.1 Å². The molecule has 0 amide bonds. The summed E-state index contributed by atoms with van der Waals surface area (Å²) >= 11 is 0. The van der Waals surface area contributed by atoms with Crippen molar-refractivity contribution >= 4 is 18.0 Å². The number of ether oxygens (including phenoxy) is 3. The molecule has 10 heteroatoms. The van der Waals surface area contributed by atoms with Gasteiger partial charge in [-0.2, -0.15) is 0 Å². The zero-order chi connectivity index (χ0) is 18.3. The quantitative estimate of drug-likeness (QED) is 0.354. The molecule has 5 nitrogen and oxygen atoms in total. The van der Waals surface area contributed by atoms with Gasteiger partial charge in [0, 0.05) is 31.5 Å².